The zero-order valence-corrected chi connectivity index (χ0v) is 5.81. The molecule has 0 bridgehead atoms. The number of nitrogens with one attached hydrogen (secondary N) is 1. The molecule has 0 amide bonds. The minimum Gasteiger partial charge on any atom is -0.380 e. The van der Waals surface area contributed by atoms with Gasteiger partial charge < -0.3 is 10.1 Å². The number of hydrogen-bond donors (Lipinski definition) is 1. The maximum Gasteiger partial charge on any atom is 0.0685 e. The summed E-state index contributed by atoms with van der Waals surface area (Å²) in [7, 11) is 1.73. The van der Waals surface area contributed by atoms with Crippen LogP contribution in [0.4, 0.5) is 0 Å². The first-order valence-electron chi connectivity index (χ1n) is 3.31. The van der Waals surface area contributed by atoms with Crippen LogP contribution in [0.25, 0.3) is 0 Å². The lowest BCUT2D eigenvalue weighted by molar-refractivity contribution is 0.222. The Morgan fingerprint density at radius 3 is 3.22 bits per heavy atom. The highest BCUT2D eigenvalue weighted by Gasteiger charge is 1.99. The Kier molecular flexibility index (Phi) is 2.74. The monoisotopic (exact) mass is 127 g/mol. The van der Waals surface area contributed by atoms with E-state index in [1.54, 1.807) is 7.11 Å². The van der Waals surface area contributed by atoms with E-state index in [0.29, 0.717) is 0 Å². The van der Waals surface area contributed by atoms with E-state index in [2.05, 4.69) is 11.4 Å². The fourth-order valence-corrected chi connectivity index (χ4v) is 0.995. The molecule has 0 aromatic carbocycles. The molecular formula is C7H13NO. The molecule has 0 atom stereocenters. The molecule has 1 heterocycles. The van der Waals surface area contributed by atoms with Crippen LogP contribution >= 0.6 is 0 Å². The number of ether oxygens (including phenoxy) is 1. The van der Waals surface area contributed by atoms with Gasteiger partial charge in [-0.3, -0.25) is 0 Å². The Balaban J connectivity index is 2.28. The third-order valence-electron chi connectivity index (χ3n) is 1.44. The second-order valence-corrected chi connectivity index (χ2v) is 2.26. The molecule has 0 radical (unpaired) electrons. The molecule has 2 nitrogen and oxygen atoms in total. The van der Waals surface area contributed by atoms with Gasteiger partial charge in [-0.2, -0.15) is 0 Å². The standard InChI is InChI=1S/C7H13NO/c1-9-6-7-3-2-4-8-5-7/h3,8H,2,4-6H2,1H3. The van der Waals surface area contributed by atoms with Crippen LogP contribution in [-0.4, -0.2) is 26.8 Å². The molecule has 0 aromatic rings. The molecule has 0 aromatic heterocycles. The molecule has 2 heteroatoms. The van der Waals surface area contributed by atoms with E-state index in [9.17, 15) is 0 Å². The SMILES string of the molecule is COCC1=CCCNC1. The Bertz CT molecular complexity index is 109. The van der Waals surface area contributed by atoms with E-state index in [1.807, 2.05) is 0 Å². The number of hydrogen-bond acceptors (Lipinski definition) is 2. The summed E-state index contributed by atoms with van der Waals surface area (Å²) in [6.07, 6.45) is 3.40. The lowest BCUT2D eigenvalue weighted by Gasteiger charge is -2.12. The summed E-state index contributed by atoms with van der Waals surface area (Å²) in [5.74, 6) is 0. The molecule has 1 rings (SSSR count). The van der Waals surface area contributed by atoms with Crippen molar-refractivity contribution in [3.05, 3.63) is 11.6 Å². The van der Waals surface area contributed by atoms with Crippen LogP contribution in [0.5, 0.6) is 0 Å². The summed E-state index contributed by atoms with van der Waals surface area (Å²) >= 11 is 0. The first kappa shape index (κ1) is 6.78. The van der Waals surface area contributed by atoms with Crippen LogP contribution in [0.1, 0.15) is 6.42 Å². The Labute approximate surface area is 55.9 Å². The van der Waals surface area contributed by atoms with Crippen LogP contribution in [0.3, 0.4) is 0 Å². The van der Waals surface area contributed by atoms with Gasteiger partial charge in [-0.15, -0.1) is 0 Å². The molecule has 1 N–H and O–H groups in total. The maximum absolute atomic E-state index is 4.97. The summed E-state index contributed by atoms with van der Waals surface area (Å²) in [6.45, 7) is 2.91. The van der Waals surface area contributed by atoms with E-state index in [4.69, 9.17) is 4.74 Å². The van der Waals surface area contributed by atoms with Crippen LogP contribution in [0.2, 0.25) is 0 Å². The fourth-order valence-electron chi connectivity index (χ4n) is 0.995. The molecule has 0 saturated carbocycles. The summed E-state index contributed by atoms with van der Waals surface area (Å²) in [5.41, 5.74) is 1.38. The van der Waals surface area contributed by atoms with Gasteiger partial charge in [0.1, 0.15) is 0 Å². The molecular weight excluding hydrogens is 114 g/mol. The van der Waals surface area contributed by atoms with Crippen LogP contribution in [0.15, 0.2) is 11.6 Å². The Morgan fingerprint density at radius 2 is 2.67 bits per heavy atom. The number of rotatable bonds is 2. The predicted molar refractivity (Wildman–Crippen MR) is 37.4 cm³/mol. The van der Waals surface area contributed by atoms with Crippen molar-refractivity contribution in [1.82, 2.24) is 5.32 Å². The molecule has 1 aliphatic heterocycles. The van der Waals surface area contributed by atoms with Gasteiger partial charge in [-0.05, 0) is 18.5 Å². The maximum atomic E-state index is 4.97. The quantitative estimate of drug-likeness (QED) is 0.547. The van der Waals surface area contributed by atoms with Gasteiger partial charge in [-0.1, -0.05) is 6.08 Å². The van der Waals surface area contributed by atoms with E-state index in [0.717, 1.165) is 26.1 Å². The molecule has 1 aliphatic rings. The van der Waals surface area contributed by atoms with Crippen LogP contribution < -0.4 is 5.32 Å². The fraction of sp³-hybridized carbons (Fsp3) is 0.714. The summed E-state index contributed by atoms with van der Waals surface area (Å²) in [6, 6.07) is 0. The van der Waals surface area contributed by atoms with Gasteiger partial charge in [0.05, 0.1) is 6.61 Å². The average molecular weight is 127 g/mol. The Morgan fingerprint density at radius 1 is 1.78 bits per heavy atom. The van der Waals surface area contributed by atoms with Gasteiger partial charge in [0.15, 0.2) is 0 Å². The van der Waals surface area contributed by atoms with Crippen molar-refractivity contribution in [2.45, 2.75) is 6.42 Å². The third-order valence-corrected chi connectivity index (χ3v) is 1.44. The second kappa shape index (κ2) is 3.64. The smallest absolute Gasteiger partial charge is 0.0685 e. The van der Waals surface area contributed by atoms with Crippen LogP contribution in [0, 0.1) is 0 Å². The summed E-state index contributed by atoms with van der Waals surface area (Å²) in [5, 5.41) is 3.27. The van der Waals surface area contributed by atoms with E-state index < -0.39 is 0 Å². The topological polar surface area (TPSA) is 21.3 Å². The molecule has 0 spiro atoms. The number of methoxy groups -OCH3 is 1. The molecule has 9 heavy (non-hydrogen) atoms. The second-order valence-electron chi connectivity index (χ2n) is 2.26. The van der Waals surface area contributed by atoms with Crippen molar-refractivity contribution in [1.29, 1.82) is 0 Å². The van der Waals surface area contributed by atoms with Crippen molar-refractivity contribution in [2.24, 2.45) is 0 Å². The largest absolute Gasteiger partial charge is 0.380 e. The normalized spacial score (nSPS) is 19.4. The highest BCUT2D eigenvalue weighted by molar-refractivity contribution is 5.07. The lowest BCUT2D eigenvalue weighted by Crippen LogP contribution is -2.23. The lowest BCUT2D eigenvalue weighted by atomic mass is 10.2. The van der Waals surface area contributed by atoms with Crippen molar-refractivity contribution < 1.29 is 4.74 Å². The van der Waals surface area contributed by atoms with Crippen molar-refractivity contribution in [3.63, 3.8) is 0 Å². The predicted octanol–water partition coefficient (Wildman–Crippen LogP) is 0.552. The van der Waals surface area contributed by atoms with E-state index >= 15 is 0 Å². The van der Waals surface area contributed by atoms with Gasteiger partial charge in [-0.25, -0.2) is 0 Å². The highest BCUT2D eigenvalue weighted by atomic mass is 16.5. The van der Waals surface area contributed by atoms with Crippen molar-refractivity contribution in [2.75, 3.05) is 26.8 Å². The van der Waals surface area contributed by atoms with Crippen molar-refractivity contribution in [3.8, 4) is 0 Å². The zero-order valence-electron chi connectivity index (χ0n) is 5.81. The molecule has 0 fully saturated rings. The van der Waals surface area contributed by atoms with E-state index in [-0.39, 0.29) is 0 Å². The van der Waals surface area contributed by atoms with Gasteiger partial charge in [0, 0.05) is 13.7 Å². The van der Waals surface area contributed by atoms with Gasteiger partial charge in [0.25, 0.3) is 0 Å². The summed E-state index contributed by atoms with van der Waals surface area (Å²) < 4.78 is 4.97. The third kappa shape index (κ3) is 2.16. The first-order chi connectivity index (χ1) is 4.43. The van der Waals surface area contributed by atoms with Gasteiger partial charge >= 0.3 is 0 Å². The average Bonchev–Trinajstić information content (AvgIpc) is 1.91. The van der Waals surface area contributed by atoms with Gasteiger partial charge in [0.2, 0.25) is 0 Å². The highest BCUT2D eigenvalue weighted by Crippen LogP contribution is 1.99. The molecule has 0 unspecified atom stereocenters. The molecule has 52 valence electrons. The molecule has 0 aliphatic carbocycles. The zero-order chi connectivity index (χ0) is 6.53. The Hall–Kier alpha value is -0.340. The molecule has 0 saturated heterocycles. The van der Waals surface area contributed by atoms with E-state index in [1.165, 1.54) is 5.57 Å². The minimum absolute atomic E-state index is 0.785. The summed E-state index contributed by atoms with van der Waals surface area (Å²) in [4.78, 5) is 0. The van der Waals surface area contributed by atoms with Crippen molar-refractivity contribution >= 4 is 0 Å². The van der Waals surface area contributed by atoms with Crippen LogP contribution in [-0.2, 0) is 4.74 Å². The first-order valence-corrected chi connectivity index (χ1v) is 3.31. The minimum atomic E-state index is 0.785.